The molecule has 1 unspecified atom stereocenters. The first-order valence-corrected chi connectivity index (χ1v) is 8.57. The van der Waals surface area contributed by atoms with Crippen molar-refractivity contribution in [3.8, 4) is 11.3 Å². The minimum Gasteiger partial charge on any atom is -0.408 e. The summed E-state index contributed by atoms with van der Waals surface area (Å²) in [6.45, 7) is -1.16. The first-order chi connectivity index (χ1) is 13.9. The number of halogens is 3. The molecule has 4 rings (SSSR count). The van der Waals surface area contributed by atoms with Gasteiger partial charge in [-0.2, -0.15) is 8.78 Å². The lowest BCUT2D eigenvalue weighted by Crippen LogP contribution is -2.14. The Kier molecular flexibility index (Phi) is 4.75. The van der Waals surface area contributed by atoms with Gasteiger partial charge in [-0.1, -0.05) is 12.1 Å². The molecule has 148 valence electrons. The third-order valence-corrected chi connectivity index (χ3v) is 4.38. The summed E-state index contributed by atoms with van der Waals surface area (Å²) in [6.07, 6.45) is 1.43. The largest absolute Gasteiger partial charge is 0.424 e. The highest BCUT2D eigenvalue weighted by Crippen LogP contribution is 2.25. The van der Waals surface area contributed by atoms with Crippen molar-refractivity contribution in [1.29, 1.82) is 0 Å². The fraction of sp³-hybridized carbons (Fsp3) is 0.158. The molecular weight excluding hydrogens is 387 g/mol. The Morgan fingerprint density at radius 1 is 1.10 bits per heavy atom. The van der Waals surface area contributed by atoms with Crippen LogP contribution in [0.3, 0.4) is 0 Å². The molecule has 0 spiro atoms. The zero-order chi connectivity index (χ0) is 20.5. The van der Waals surface area contributed by atoms with Crippen LogP contribution in [0.25, 0.3) is 22.4 Å². The van der Waals surface area contributed by atoms with E-state index >= 15 is 0 Å². The fourth-order valence-corrected chi connectivity index (χ4v) is 2.88. The lowest BCUT2D eigenvalue weighted by Gasteiger charge is -2.13. The highest BCUT2D eigenvalue weighted by atomic mass is 19.3. The van der Waals surface area contributed by atoms with Crippen LogP contribution in [0.2, 0.25) is 0 Å². The van der Waals surface area contributed by atoms with Gasteiger partial charge in [-0.05, 0) is 42.8 Å². The summed E-state index contributed by atoms with van der Waals surface area (Å²) in [5.41, 5.74) is 1.63. The van der Waals surface area contributed by atoms with Crippen LogP contribution in [0.15, 0.2) is 57.9 Å². The topological polar surface area (TPSA) is 85.8 Å². The molecule has 2 aromatic carbocycles. The second-order valence-electron chi connectivity index (χ2n) is 6.28. The van der Waals surface area contributed by atoms with E-state index in [4.69, 9.17) is 4.42 Å². The molecule has 29 heavy (non-hydrogen) atoms. The van der Waals surface area contributed by atoms with E-state index < -0.39 is 12.3 Å². The number of fused-ring (bicyclic) bond motifs is 1. The van der Waals surface area contributed by atoms with E-state index in [-0.39, 0.29) is 33.5 Å². The quantitative estimate of drug-likeness (QED) is 0.541. The SMILES string of the molecule is CC(Nc1ncc(-c2ccc3oc(=O)n(C(F)F)c3c2)nn1)c1ccc(F)cc1. The molecule has 0 fully saturated rings. The first-order valence-electron chi connectivity index (χ1n) is 8.57. The van der Waals surface area contributed by atoms with Gasteiger partial charge in [0.15, 0.2) is 5.58 Å². The number of oxazole rings is 1. The smallest absolute Gasteiger partial charge is 0.408 e. The third kappa shape index (κ3) is 3.68. The van der Waals surface area contributed by atoms with Gasteiger partial charge in [0.25, 0.3) is 0 Å². The van der Waals surface area contributed by atoms with Crippen LogP contribution in [-0.2, 0) is 0 Å². The maximum Gasteiger partial charge on any atom is 0.424 e. The molecule has 0 bridgehead atoms. The van der Waals surface area contributed by atoms with Crippen LogP contribution >= 0.6 is 0 Å². The number of aromatic nitrogens is 4. The molecule has 0 amide bonds. The molecule has 4 aromatic rings. The third-order valence-electron chi connectivity index (χ3n) is 4.38. The molecule has 0 aliphatic carbocycles. The molecule has 0 saturated carbocycles. The summed E-state index contributed by atoms with van der Waals surface area (Å²) in [5.74, 6) is -1.21. The molecule has 0 aliphatic heterocycles. The van der Waals surface area contributed by atoms with Crippen LogP contribution in [0.5, 0.6) is 0 Å². The zero-order valence-electron chi connectivity index (χ0n) is 15.0. The average Bonchev–Trinajstić information content (AvgIpc) is 3.04. The first kappa shape index (κ1) is 18.7. The Morgan fingerprint density at radius 3 is 2.52 bits per heavy atom. The highest BCUT2D eigenvalue weighted by molar-refractivity contribution is 5.79. The molecule has 7 nitrogen and oxygen atoms in total. The molecular formula is C19H14F3N5O2. The van der Waals surface area contributed by atoms with E-state index in [0.29, 0.717) is 11.3 Å². The van der Waals surface area contributed by atoms with Gasteiger partial charge < -0.3 is 9.73 Å². The van der Waals surface area contributed by atoms with Gasteiger partial charge in [0, 0.05) is 5.56 Å². The lowest BCUT2D eigenvalue weighted by atomic mass is 10.1. The number of rotatable bonds is 5. The number of benzene rings is 2. The second kappa shape index (κ2) is 7.38. The van der Waals surface area contributed by atoms with Gasteiger partial charge in [-0.25, -0.2) is 18.7 Å². The van der Waals surface area contributed by atoms with Crippen molar-refractivity contribution in [2.45, 2.75) is 19.5 Å². The van der Waals surface area contributed by atoms with Gasteiger partial charge in [0.2, 0.25) is 5.95 Å². The van der Waals surface area contributed by atoms with Crippen molar-refractivity contribution in [3.05, 3.63) is 70.6 Å². The number of nitrogens with zero attached hydrogens (tertiary/aromatic N) is 4. The van der Waals surface area contributed by atoms with Gasteiger partial charge in [-0.15, -0.1) is 10.2 Å². The van der Waals surface area contributed by atoms with Crippen LogP contribution in [0, 0.1) is 5.82 Å². The Labute approximate surface area is 161 Å². The molecule has 1 atom stereocenters. The van der Waals surface area contributed by atoms with Gasteiger partial charge >= 0.3 is 12.3 Å². The standard InChI is InChI=1S/C19H14F3N5O2/c1-10(11-2-5-13(20)6-3-11)24-18-23-9-14(25-26-18)12-4-7-16-15(8-12)27(17(21)22)19(28)29-16/h2-10,17H,1H3,(H,23,24,26). The normalized spacial score (nSPS) is 12.4. The van der Waals surface area contributed by atoms with Crippen molar-refractivity contribution < 1.29 is 17.6 Å². The zero-order valence-corrected chi connectivity index (χ0v) is 15.0. The predicted molar refractivity (Wildman–Crippen MR) is 99.0 cm³/mol. The molecule has 0 saturated heterocycles. The minimum absolute atomic E-state index is 0.0450. The number of alkyl halides is 2. The van der Waals surface area contributed by atoms with E-state index in [9.17, 15) is 18.0 Å². The van der Waals surface area contributed by atoms with Crippen molar-refractivity contribution in [3.63, 3.8) is 0 Å². The van der Waals surface area contributed by atoms with Crippen LogP contribution < -0.4 is 11.1 Å². The number of hydrogen-bond donors (Lipinski definition) is 1. The van der Waals surface area contributed by atoms with E-state index in [2.05, 4.69) is 20.5 Å². The van der Waals surface area contributed by atoms with Crippen molar-refractivity contribution in [2.24, 2.45) is 0 Å². The predicted octanol–water partition coefficient (Wildman–Crippen LogP) is 4.15. The van der Waals surface area contributed by atoms with Crippen molar-refractivity contribution >= 4 is 17.0 Å². The molecule has 1 N–H and O–H groups in total. The monoisotopic (exact) mass is 401 g/mol. The Morgan fingerprint density at radius 2 is 1.86 bits per heavy atom. The molecule has 10 heteroatoms. The van der Waals surface area contributed by atoms with Crippen LogP contribution in [0.1, 0.15) is 25.1 Å². The van der Waals surface area contributed by atoms with Gasteiger partial charge in [-0.3, -0.25) is 0 Å². The summed E-state index contributed by atoms with van der Waals surface area (Å²) in [5, 5.41) is 11.1. The van der Waals surface area contributed by atoms with Crippen LogP contribution in [0.4, 0.5) is 19.1 Å². The lowest BCUT2D eigenvalue weighted by molar-refractivity contribution is 0.0670. The fourth-order valence-electron chi connectivity index (χ4n) is 2.88. The summed E-state index contributed by atoms with van der Waals surface area (Å²) < 4.78 is 44.3. The number of nitrogens with one attached hydrogen (secondary N) is 1. The van der Waals surface area contributed by atoms with E-state index in [1.807, 2.05) is 6.92 Å². The average molecular weight is 401 g/mol. The Balaban J connectivity index is 1.58. The van der Waals surface area contributed by atoms with Crippen molar-refractivity contribution in [1.82, 2.24) is 19.7 Å². The number of hydrogen-bond acceptors (Lipinski definition) is 6. The molecule has 2 aromatic heterocycles. The van der Waals surface area contributed by atoms with E-state index in [0.717, 1.165) is 5.56 Å². The van der Waals surface area contributed by atoms with Crippen molar-refractivity contribution in [2.75, 3.05) is 5.32 Å². The molecule has 0 radical (unpaired) electrons. The van der Waals surface area contributed by atoms with Gasteiger partial charge in [0.05, 0.1) is 17.8 Å². The summed E-state index contributed by atoms with van der Waals surface area (Å²) in [6, 6.07) is 10.2. The minimum atomic E-state index is -3.03. The summed E-state index contributed by atoms with van der Waals surface area (Å²) >= 11 is 0. The second-order valence-corrected chi connectivity index (χ2v) is 6.28. The Bertz CT molecular complexity index is 1200. The van der Waals surface area contributed by atoms with Crippen LogP contribution in [-0.4, -0.2) is 19.7 Å². The van der Waals surface area contributed by atoms with E-state index in [1.54, 1.807) is 18.2 Å². The summed E-state index contributed by atoms with van der Waals surface area (Å²) in [7, 11) is 0. The maximum absolute atomic E-state index is 13.1. The maximum atomic E-state index is 13.1. The summed E-state index contributed by atoms with van der Waals surface area (Å²) in [4.78, 5) is 15.7. The molecule has 0 aliphatic rings. The van der Waals surface area contributed by atoms with Gasteiger partial charge in [0.1, 0.15) is 11.5 Å². The number of anilines is 1. The molecule has 2 heterocycles. The van der Waals surface area contributed by atoms with E-state index in [1.165, 1.54) is 30.5 Å². The highest BCUT2D eigenvalue weighted by Gasteiger charge is 2.18. The Hall–Kier alpha value is -3.69.